The lowest BCUT2D eigenvalue weighted by atomic mass is 9.66. The Labute approximate surface area is 121 Å². The number of esters is 1. The van der Waals surface area contributed by atoms with Gasteiger partial charge in [0.1, 0.15) is 0 Å². The van der Waals surface area contributed by atoms with E-state index in [2.05, 4.69) is 0 Å². The third kappa shape index (κ3) is 1.77. The van der Waals surface area contributed by atoms with Gasteiger partial charge in [0.05, 0.1) is 5.57 Å². The third-order valence-corrected chi connectivity index (χ3v) is 4.34. The van der Waals surface area contributed by atoms with Crippen molar-refractivity contribution in [1.29, 1.82) is 0 Å². The van der Waals surface area contributed by atoms with Crippen LogP contribution in [0.25, 0.3) is 0 Å². The molecule has 0 radical (unpaired) electrons. The molecule has 0 amide bonds. The minimum absolute atomic E-state index is 0.0638. The molecule has 0 aromatic rings. The second-order valence-electron chi connectivity index (χ2n) is 5.69. The first-order chi connectivity index (χ1) is 9.86. The van der Waals surface area contributed by atoms with Crippen LogP contribution in [-0.4, -0.2) is 28.9 Å². The third-order valence-electron chi connectivity index (χ3n) is 4.34. The number of carbonyl (C=O) groups excluding carboxylic acids is 4. The fraction of sp³-hybridized carbons (Fsp3) is 0.375. The molecule has 3 rings (SSSR count). The number of hydrogen-bond donors (Lipinski definition) is 0. The van der Waals surface area contributed by atoms with Gasteiger partial charge < -0.3 is 4.74 Å². The molecule has 0 bridgehead atoms. The summed E-state index contributed by atoms with van der Waals surface area (Å²) in [4.78, 5) is 48.8. The Morgan fingerprint density at radius 1 is 1.19 bits per heavy atom. The van der Waals surface area contributed by atoms with Gasteiger partial charge in [-0.1, -0.05) is 6.92 Å². The van der Waals surface area contributed by atoms with Crippen molar-refractivity contribution in [2.75, 3.05) is 0 Å². The largest absolute Gasteiger partial charge is 0.442 e. The normalized spacial score (nSPS) is 32.3. The standard InChI is InChI=1S/C16H14O5/c1-8-5-6-16(11(18)3-4-12(19)21-16)14-13(8)10(17)7-9(2)15(14)20/h3-4,7-8H,5-6H2,1-2H3/t8-,16+/m1/s1. The molecule has 0 fully saturated rings. The zero-order valence-electron chi connectivity index (χ0n) is 11.8. The van der Waals surface area contributed by atoms with Crippen LogP contribution in [-0.2, 0) is 23.9 Å². The average molecular weight is 286 g/mol. The van der Waals surface area contributed by atoms with E-state index in [1.807, 2.05) is 6.92 Å². The summed E-state index contributed by atoms with van der Waals surface area (Å²) in [6.45, 7) is 3.37. The summed E-state index contributed by atoms with van der Waals surface area (Å²) in [7, 11) is 0. The maximum atomic E-state index is 12.5. The van der Waals surface area contributed by atoms with Gasteiger partial charge in [0.25, 0.3) is 0 Å². The molecular formula is C16H14O5. The maximum Gasteiger partial charge on any atom is 0.332 e. The second kappa shape index (κ2) is 4.35. The van der Waals surface area contributed by atoms with Crippen molar-refractivity contribution in [2.45, 2.75) is 32.3 Å². The van der Waals surface area contributed by atoms with E-state index in [1.54, 1.807) is 0 Å². The lowest BCUT2D eigenvalue weighted by Crippen LogP contribution is -2.52. The van der Waals surface area contributed by atoms with Crippen molar-refractivity contribution >= 4 is 23.3 Å². The minimum atomic E-state index is -1.62. The Balaban J connectivity index is 2.27. The SMILES string of the molecule is CC1=CC(=O)C2=C(C1=O)[C@@]1(CC[C@H]2C)OC(=O)C=CC1=O. The monoisotopic (exact) mass is 286 g/mol. The Bertz CT molecular complexity index is 691. The van der Waals surface area contributed by atoms with Crippen LogP contribution in [0.1, 0.15) is 26.7 Å². The highest BCUT2D eigenvalue weighted by Crippen LogP contribution is 2.45. The fourth-order valence-corrected chi connectivity index (χ4v) is 3.24. The number of carbonyl (C=O) groups is 4. The van der Waals surface area contributed by atoms with Crippen LogP contribution in [0.15, 0.2) is 34.9 Å². The van der Waals surface area contributed by atoms with Gasteiger partial charge in [0, 0.05) is 17.2 Å². The molecule has 0 aromatic carbocycles. The van der Waals surface area contributed by atoms with Gasteiger partial charge in [0.15, 0.2) is 11.6 Å². The molecule has 3 aliphatic rings. The van der Waals surface area contributed by atoms with Crippen LogP contribution in [0.3, 0.4) is 0 Å². The molecule has 0 saturated heterocycles. The van der Waals surface area contributed by atoms with Crippen molar-refractivity contribution in [3.05, 3.63) is 34.9 Å². The summed E-state index contributed by atoms with van der Waals surface area (Å²) in [5.74, 6) is -1.90. The molecule has 5 nitrogen and oxygen atoms in total. The molecule has 1 spiro atoms. The van der Waals surface area contributed by atoms with E-state index in [0.29, 0.717) is 12.0 Å². The van der Waals surface area contributed by atoms with Gasteiger partial charge in [-0.25, -0.2) is 4.79 Å². The molecule has 2 aliphatic carbocycles. The van der Waals surface area contributed by atoms with E-state index >= 15 is 0 Å². The van der Waals surface area contributed by atoms with Gasteiger partial charge >= 0.3 is 5.97 Å². The second-order valence-corrected chi connectivity index (χ2v) is 5.69. The quantitative estimate of drug-likeness (QED) is 0.494. The summed E-state index contributed by atoms with van der Waals surface area (Å²) in [5.41, 5.74) is -0.969. The molecule has 108 valence electrons. The van der Waals surface area contributed by atoms with E-state index in [1.165, 1.54) is 13.0 Å². The number of fused-ring (bicyclic) bond motifs is 1. The highest BCUT2D eigenvalue weighted by Gasteiger charge is 2.54. The van der Waals surface area contributed by atoms with Gasteiger partial charge in [0.2, 0.25) is 11.4 Å². The zero-order valence-corrected chi connectivity index (χ0v) is 11.8. The number of ether oxygens (including phenoxy) is 1. The van der Waals surface area contributed by atoms with Crippen molar-refractivity contribution in [3.63, 3.8) is 0 Å². The highest BCUT2D eigenvalue weighted by atomic mass is 16.6. The molecule has 21 heavy (non-hydrogen) atoms. The number of Topliss-reactive ketones (excluding diaryl/α,β-unsaturated/α-hetero) is 1. The Hall–Kier alpha value is -2.30. The van der Waals surface area contributed by atoms with Crippen molar-refractivity contribution in [3.8, 4) is 0 Å². The Kier molecular flexibility index (Phi) is 2.83. The van der Waals surface area contributed by atoms with Crippen LogP contribution in [0.2, 0.25) is 0 Å². The van der Waals surface area contributed by atoms with Gasteiger partial charge in [-0.2, -0.15) is 0 Å². The molecule has 0 N–H and O–H groups in total. The maximum absolute atomic E-state index is 12.5. The summed E-state index contributed by atoms with van der Waals surface area (Å²) in [5, 5.41) is 0. The highest BCUT2D eigenvalue weighted by molar-refractivity contribution is 6.27. The minimum Gasteiger partial charge on any atom is -0.442 e. The molecule has 2 atom stereocenters. The van der Waals surface area contributed by atoms with Crippen LogP contribution in [0.5, 0.6) is 0 Å². The predicted octanol–water partition coefficient (Wildman–Crippen LogP) is 1.23. The first-order valence-electron chi connectivity index (χ1n) is 6.84. The first kappa shape index (κ1) is 13.7. The molecular weight excluding hydrogens is 272 g/mol. The van der Waals surface area contributed by atoms with Gasteiger partial charge in [-0.05, 0) is 37.8 Å². The van der Waals surface area contributed by atoms with Crippen LogP contribution >= 0.6 is 0 Å². The number of allylic oxidation sites excluding steroid dienone is 3. The number of rotatable bonds is 0. The average Bonchev–Trinajstić information content (AvgIpc) is 2.43. The summed E-state index contributed by atoms with van der Waals surface area (Å²) >= 11 is 0. The van der Waals surface area contributed by atoms with E-state index in [0.717, 1.165) is 12.2 Å². The molecule has 1 heterocycles. The summed E-state index contributed by atoms with van der Waals surface area (Å²) < 4.78 is 5.28. The molecule has 0 unspecified atom stereocenters. The molecule has 0 saturated carbocycles. The molecule has 0 aromatic heterocycles. The van der Waals surface area contributed by atoms with Gasteiger partial charge in [-0.3, -0.25) is 14.4 Å². The Morgan fingerprint density at radius 2 is 1.90 bits per heavy atom. The first-order valence-corrected chi connectivity index (χ1v) is 6.84. The predicted molar refractivity (Wildman–Crippen MR) is 72.2 cm³/mol. The van der Waals surface area contributed by atoms with Crippen LogP contribution in [0.4, 0.5) is 0 Å². The lowest BCUT2D eigenvalue weighted by Gasteiger charge is -2.41. The van der Waals surface area contributed by atoms with E-state index in [9.17, 15) is 19.2 Å². The summed E-state index contributed by atoms with van der Waals surface area (Å²) in [6, 6.07) is 0. The smallest absolute Gasteiger partial charge is 0.332 e. The van der Waals surface area contributed by atoms with E-state index in [-0.39, 0.29) is 35.1 Å². The van der Waals surface area contributed by atoms with E-state index in [4.69, 9.17) is 4.74 Å². The van der Waals surface area contributed by atoms with Crippen LogP contribution < -0.4 is 0 Å². The number of ketones is 3. The van der Waals surface area contributed by atoms with Crippen molar-refractivity contribution in [2.24, 2.45) is 5.92 Å². The van der Waals surface area contributed by atoms with Gasteiger partial charge in [-0.15, -0.1) is 0 Å². The van der Waals surface area contributed by atoms with E-state index < -0.39 is 17.4 Å². The van der Waals surface area contributed by atoms with Crippen LogP contribution in [0, 0.1) is 5.92 Å². The molecule has 1 aliphatic heterocycles. The Morgan fingerprint density at radius 3 is 2.62 bits per heavy atom. The summed E-state index contributed by atoms with van der Waals surface area (Å²) in [6.07, 6.45) is 4.22. The lowest BCUT2D eigenvalue weighted by molar-refractivity contribution is -0.161. The van der Waals surface area contributed by atoms with Crippen molar-refractivity contribution in [1.82, 2.24) is 0 Å². The van der Waals surface area contributed by atoms with Crippen molar-refractivity contribution < 1.29 is 23.9 Å². The molecule has 5 heteroatoms. The number of hydrogen-bond acceptors (Lipinski definition) is 5. The fourth-order valence-electron chi connectivity index (χ4n) is 3.24. The zero-order chi connectivity index (χ0) is 15.4. The topological polar surface area (TPSA) is 77.5 Å².